The SMILES string of the molecule is Cc1ccc(O)c(CN2CCc3c(nc(C(F)(F)F)[nH]c3=O)C2)c1. The third kappa shape index (κ3) is 3.28. The molecule has 5 nitrogen and oxygen atoms in total. The maximum atomic E-state index is 12.8. The first-order chi connectivity index (χ1) is 11.2. The minimum atomic E-state index is -4.69. The fourth-order valence-corrected chi connectivity index (χ4v) is 2.84. The van der Waals surface area contributed by atoms with Crippen molar-refractivity contribution >= 4 is 0 Å². The molecule has 24 heavy (non-hydrogen) atoms. The number of hydrogen-bond acceptors (Lipinski definition) is 4. The molecule has 8 heteroatoms. The number of halogens is 3. The standard InChI is InChI=1S/C16H16F3N3O2/c1-9-2-3-13(23)10(6-9)7-22-5-4-11-12(8-22)20-15(16(17,18)19)21-14(11)24/h2-3,6,23H,4-5,7-8H2,1H3,(H,20,21,24). The van der Waals surface area contributed by atoms with Crippen molar-refractivity contribution in [2.45, 2.75) is 32.6 Å². The van der Waals surface area contributed by atoms with Crippen LogP contribution in [0.5, 0.6) is 5.75 Å². The van der Waals surface area contributed by atoms with Crippen molar-refractivity contribution in [1.82, 2.24) is 14.9 Å². The van der Waals surface area contributed by atoms with Crippen LogP contribution < -0.4 is 5.56 Å². The molecular formula is C16H16F3N3O2. The summed E-state index contributed by atoms with van der Waals surface area (Å²) in [6.45, 7) is 2.92. The van der Waals surface area contributed by atoms with Gasteiger partial charge in [0.15, 0.2) is 0 Å². The number of aromatic amines is 1. The second-order valence-corrected chi connectivity index (χ2v) is 5.93. The zero-order valence-electron chi connectivity index (χ0n) is 12.9. The number of phenols is 1. The average Bonchev–Trinajstić information content (AvgIpc) is 2.49. The van der Waals surface area contributed by atoms with E-state index in [1.165, 1.54) is 0 Å². The molecule has 0 amide bonds. The van der Waals surface area contributed by atoms with Gasteiger partial charge in [0, 0.05) is 30.8 Å². The molecule has 0 unspecified atom stereocenters. The first-order valence-corrected chi connectivity index (χ1v) is 7.44. The lowest BCUT2D eigenvalue weighted by Gasteiger charge is -2.28. The minimum absolute atomic E-state index is 0.135. The van der Waals surface area contributed by atoms with Gasteiger partial charge in [0.25, 0.3) is 5.56 Å². The minimum Gasteiger partial charge on any atom is -0.508 e. The van der Waals surface area contributed by atoms with Crippen LogP contribution in [-0.2, 0) is 25.7 Å². The highest BCUT2D eigenvalue weighted by Gasteiger charge is 2.36. The fraction of sp³-hybridized carbons (Fsp3) is 0.375. The van der Waals surface area contributed by atoms with Gasteiger partial charge in [-0.2, -0.15) is 13.2 Å². The summed E-state index contributed by atoms with van der Waals surface area (Å²) in [4.78, 5) is 19.1. The molecule has 0 spiro atoms. The molecule has 1 aromatic carbocycles. The van der Waals surface area contributed by atoms with Gasteiger partial charge in [0.1, 0.15) is 5.75 Å². The highest BCUT2D eigenvalue weighted by atomic mass is 19.4. The fourth-order valence-electron chi connectivity index (χ4n) is 2.84. The van der Waals surface area contributed by atoms with E-state index >= 15 is 0 Å². The lowest BCUT2D eigenvalue weighted by atomic mass is 10.0. The van der Waals surface area contributed by atoms with Crippen LogP contribution in [0.4, 0.5) is 13.2 Å². The predicted molar refractivity (Wildman–Crippen MR) is 80.5 cm³/mol. The highest BCUT2D eigenvalue weighted by molar-refractivity contribution is 5.35. The summed E-state index contributed by atoms with van der Waals surface area (Å²) in [6.07, 6.45) is -4.37. The molecule has 0 radical (unpaired) electrons. The maximum Gasteiger partial charge on any atom is 0.449 e. The number of aromatic hydroxyl groups is 1. The maximum absolute atomic E-state index is 12.8. The summed E-state index contributed by atoms with van der Waals surface area (Å²) < 4.78 is 38.4. The van der Waals surface area contributed by atoms with Gasteiger partial charge in [-0.05, 0) is 19.4 Å². The Labute approximate surface area is 135 Å². The monoisotopic (exact) mass is 339 g/mol. The lowest BCUT2D eigenvalue weighted by Crippen LogP contribution is -2.36. The van der Waals surface area contributed by atoms with Crippen molar-refractivity contribution in [1.29, 1.82) is 0 Å². The average molecular weight is 339 g/mol. The summed E-state index contributed by atoms with van der Waals surface area (Å²) in [5.74, 6) is -1.13. The number of H-pyrrole nitrogens is 1. The van der Waals surface area contributed by atoms with Gasteiger partial charge in [-0.25, -0.2) is 4.98 Å². The molecule has 1 aliphatic heterocycles. The normalized spacial score (nSPS) is 15.3. The van der Waals surface area contributed by atoms with Crippen LogP contribution in [0.3, 0.4) is 0 Å². The van der Waals surface area contributed by atoms with E-state index in [4.69, 9.17) is 0 Å². The summed E-state index contributed by atoms with van der Waals surface area (Å²) in [6, 6.07) is 5.20. The second-order valence-electron chi connectivity index (χ2n) is 5.93. The van der Waals surface area contributed by atoms with E-state index in [0.29, 0.717) is 30.6 Å². The molecule has 1 aromatic heterocycles. The van der Waals surface area contributed by atoms with Crippen LogP contribution >= 0.6 is 0 Å². The molecule has 2 N–H and O–H groups in total. The van der Waals surface area contributed by atoms with E-state index in [-0.39, 0.29) is 18.0 Å². The lowest BCUT2D eigenvalue weighted by molar-refractivity contribution is -0.145. The van der Waals surface area contributed by atoms with Crippen molar-refractivity contribution in [3.05, 3.63) is 56.8 Å². The number of benzene rings is 1. The van der Waals surface area contributed by atoms with Crippen molar-refractivity contribution < 1.29 is 18.3 Å². The number of rotatable bonds is 2. The Bertz CT molecular complexity index is 830. The van der Waals surface area contributed by atoms with Crippen LogP contribution in [0, 0.1) is 6.92 Å². The number of hydrogen-bond donors (Lipinski definition) is 2. The van der Waals surface area contributed by atoms with Gasteiger partial charge in [0.2, 0.25) is 5.82 Å². The van der Waals surface area contributed by atoms with Crippen molar-refractivity contribution in [3.8, 4) is 5.75 Å². The predicted octanol–water partition coefficient (Wildman–Crippen LogP) is 2.36. The molecule has 0 bridgehead atoms. The summed E-state index contributed by atoms with van der Waals surface area (Å²) >= 11 is 0. The van der Waals surface area contributed by atoms with Crippen LogP contribution in [0.1, 0.15) is 28.2 Å². The van der Waals surface area contributed by atoms with Crippen molar-refractivity contribution in [2.24, 2.45) is 0 Å². The molecule has 1 aliphatic rings. The van der Waals surface area contributed by atoms with Gasteiger partial charge in [-0.15, -0.1) is 0 Å². The number of phenolic OH excluding ortho intramolecular Hbond substituents is 1. The van der Waals surface area contributed by atoms with E-state index in [9.17, 15) is 23.1 Å². The van der Waals surface area contributed by atoms with E-state index < -0.39 is 17.6 Å². The summed E-state index contributed by atoms with van der Waals surface area (Å²) in [7, 11) is 0. The number of aryl methyl sites for hydroxylation is 1. The Morgan fingerprint density at radius 3 is 2.83 bits per heavy atom. The number of fused-ring (bicyclic) bond motifs is 1. The van der Waals surface area contributed by atoms with Crippen LogP contribution in [-0.4, -0.2) is 26.5 Å². The molecule has 0 atom stereocenters. The Kier molecular flexibility index (Phi) is 4.08. The molecular weight excluding hydrogens is 323 g/mol. The Hall–Kier alpha value is -2.35. The Morgan fingerprint density at radius 1 is 1.38 bits per heavy atom. The molecule has 3 rings (SSSR count). The summed E-state index contributed by atoms with van der Waals surface area (Å²) in [5.41, 5.74) is 1.39. The van der Waals surface area contributed by atoms with Crippen molar-refractivity contribution in [3.63, 3.8) is 0 Å². The first kappa shape index (κ1) is 16.5. The molecule has 0 saturated carbocycles. The molecule has 0 saturated heterocycles. The van der Waals surface area contributed by atoms with Gasteiger partial charge < -0.3 is 10.1 Å². The Morgan fingerprint density at radius 2 is 2.12 bits per heavy atom. The quantitative estimate of drug-likeness (QED) is 0.881. The number of aromatic nitrogens is 2. The molecule has 2 heterocycles. The van der Waals surface area contributed by atoms with Crippen LogP contribution in [0.15, 0.2) is 23.0 Å². The van der Waals surface area contributed by atoms with Crippen LogP contribution in [0.25, 0.3) is 0 Å². The van der Waals surface area contributed by atoms with Gasteiger partial charge in [-0.3, -0.25) is 9.69 Å². The molecule has 0 aliphatic carbocycles. The zero-order valence-corrected chi connectivity index (χ0v) is 12.9. The van der Waals surface area contributed by atoms with Crippen LogP contribution in [0.2, 0.25) is 0 Å². The first-order valence-electron chi connectivity index (χ1n) is 7.44. The van der Waals surface area contributed by atoms with E-state index in [0.717, 1.165) is 5.56 Å². The van der Waals surface area contributed by atoms with Gasteiger partial charge in [0.05, 0.1) is 5.69 Å². The molecule has 0 fully saturated rings. The number of nitrogens with one attached hydrogen (secondary N) is 1. The third-order valence-electron chi connectivity index (χ3n) is 4.05. The molecule has 2 aromatic rings. The van der Waals surface area contributed by atoms with Crippen molar-refractivity contribution in [2.75, 3.05) is 6.54 Å². The highest BCUT2D eigenvalue weighted by Crippen LogP contribution is 2.27. The van der Waals surface area contributed by atoms with Gasteiger partial charge in [-0.1, -0.05) is 17.7 Å². The largest absolute Gasteiger partial charge is 0.508 e. The summed E-state index contributed by atoms with van der Waals surface area (Å²) in [5, 5.41) is 9.91. The van der Waals surface area contributed by atoms with Gasteiger partial charge >= 0.3 is 6.18 Å². The Balaban J connectivity index is 1.87. The number of nitrogens with zero attached hydrogens (tertiary/aromatic N) is 2. The van der Waals surface area contributed by atoms with E-state index in [2.05, 4.69) is 4.98 Å². The van der Waals surface area contributed by atoms with E-state index in [1.54, 1.807) is 17.1 Å². The number of alkyl halides is 3. The zero-order chi connectivity index (χ0) is 17.5. The van der Waals surface area contributed by atoms with E-state index in [1.807, 2.05) is 17.9 Å². The topological polar surface area (TPSA) is 69.2 Å². The third-order valence-corrected chi connectivity index (χ3v) is 4.05. The smallest absolute Gasteiger partial charge is 0.449 e. The second kappa shape index (κ2) is 5.94. The molecule has 128 valence electrons.